The van der Waals surface area contributed by atoms with Crippen LogP contribution in [0.15, 0.2) is 0 Å². The first-order chi connectivity index (χ1) is 7.17. The molecule has 0 unspecified atom stereocenters. The second-order valence-electron chi connectivity index (χ2n) is 3.35. The van der Waals surface area contributed by atoms with Crippen LogP contribution in [0.1, 0.15) is 13.3 Å². The molecule has 1 aromatic rings. The van der Waals surface area contributed by atoms with Crippen molar-refractivity contribution in [3.05, 3.63) is 0 Å². The largest absolute Gasteiger partial charge is 0.357 e. The van der Waals surface area contributed by atoms with Gasteiger partial charge in [-0.3, -0.25) is 0 Å². The van der Waals surface area contributed by atoms with Gasteiger partial charge in [0.2, 0.25) is 17.8 Å². The van der Waals surface area contributed by atoms with Crippen LogP contribution in [-0.4, -0.2) is 42.6 Å². The van der Waals surface area contributed by atoms with Crippen LogP contribution in [-0.2, 0) is 0 Å². The van der Waals surface area contributed by atoms with E-state index in [0.29, 0.717) is 17.8 Å². The molecule has 6 heteroatoms. The Hall–Kier alpha value is -1.59. The fourth-order valence-electron chi connectivity index (χ4n) is 0.992. The van der Waals surface area contributed by atoms with E-state index in [0.717, 1.165) is 13.0 Å². The predicted molar refractivity (Wildman–Crippen MR) is 62.5 cm³/mol. The Balaban J connectivity index is 2.90. The number of hydrogen-bond donors (Lipinski definition) is 2. The molecule has 0 radical (unpaired) electrons. The van der Waals surface area contributed by atoms with Crippen molar-refractivity contribution in [3.63, 3.8) is 0 Å². The summed E-state index contributed by atoms with van der Waals surface area (Å²) in [6, 6.07) is 0. The van der Waals surface area contributed by atoms with Crippen molar-refractivity contribution >= 4 is 17.8 Å². The van der Waals surface area contributed by atoms with Crippen molar-refractivity contribution in [2.45, 2.75) is 13.3 Å². The molecule has 0 saturated heterocycles. The van der Waals surface area contributed by atoms with Crippen LogP contribution in [0.25, 0.3) is 0 Å². The lowest BCUT2D eigenvalue weighted by Gasteiger charge is -2.12. The van der Waals surface area contributed by atoms with Gasteiger partial charge in [-0.2, -0.15) is 15.0 Å². The normalized spacial score (nSPS) is 9.87. The average Bonchev–Trinajstić information content (AvgIpc) is 2.25. The highest BCUT2D eigenvalue weighted by molar-refractivity contribution is 5.42. The van der Waals surface area contributed by atoms with Gasteiger partial charge < -0.3 is 15.5 Å². The van der Waals surface area contributed by atoms with Gasteiger partial charge in [-0.05, 0) is 6.42 Å². The SMILES string of the molecule is CCCNc1nc(NC)nc(N(C)C)n1. The van der Waals surface area contributed by atoms with E-state index in [2.05, 4.69) is 32.5 Å². The van der Waals surface area contributed by atoms with Crippen molar-refractivity contribution in [1.82, 2.24) is 15.0 Å². The van der Waals surface area contributed by atoms with E-state index in [9.17, 15) is 0 Å². The van der Waals surface area contributed by atoms with E-state index < -0.39 is 0 Å². The van der Waals surface area contributed by atoms with E-state index in [1.165, 1.54) is 0 Å². The third kappa shape index (κ3) is 3.23. The molecule has 15 heavy (non-hydrogen) atoms. The summed E-state index contributed by atoms with van der Waals surface area (Å²) in [4.78, 5) is 14.5. The smallest absolute Gasteiger partial charge is 0.231 e. The molecule has 0 amide bonds. The first kappa shape index (κ1) is 11.5. The highest BCUT2D eigenvalue weighted by atomic mass is 15.3. The van der Waals surface area contributed by atoms with Crippen LogP contribution in [0.2, 0.25) is 0 Å². The molecule has 0 spiro atoms. The maximum absolute atomic E-state index is 4.27. The maximum atomic E-state index is 4.27. The molecule has 0 atom stereocenters. The third-order valence-corrected chi connectivity index (χ3v) is 1.78. The number of aromatic nitrogens is 3. The summed E-state index contributed by atoms with van der Waals surface area (Å²) in [5.41, 5.74) is 0. The van der Waals surface area contributed by atoms with Gasteiger partial charge in [0.05, 0.1) is 0 Å². The van der Waals surface area contributed by atoms with E-state index in [1.807, 2.05) is 19.0 Å². The zero-order chi connectivity index (χ0) is 11.3. The Morgan fingerprint density at radius 3 is 2.33 bits per heavy atom. The lowest BCUT2D eigenvalue weighted by molar-refractivity contribution is 0.918. The van der Waals surface area contributed by atoms with E-state index in [1.54, 1.807) is 7.05 Å². The third-order valence-electron chi connectivity index (χ3n) is 1.78. The minimum Gasteiger partial charge on any atom is -0.357 e. The molecule has 6 nitrogen and oxygen atoms in total. The Morgan fingerprint density at radius 2 is 1.80 bits per heavy atom. The lowest BCUT2D eigenvalue weighted by atomic mass is 10.5. The number of hydrogen-bond acceptors (Lipinski definition) is 6. The highest BCUT2D eigenvalue weighted by Crippen LogP contribution is 2.10. The highest BCUT2D eigenvalue weighted by Gasteiger charge is 2.05. The monoisotopic (exact) mass is 210 g/mol. The maximum Gasteiger partial charge on any atom is 0.231 e. The van der Waals surface area contributed by atoms with E-state index in [4.69, 9.17) is 0 Å². The predicted octanol–water partition coefficient (Wildman–Crippen LogP) is 0.801. The van der Waals surface area contributed by atoms with Gasteiger partial charge in [0, 0.05) is 27.7 Å². The summed E-state index contributed by atoms with van der Waals surface area (Å²) in [5, 5.41) is 6.05. The fraction of sp³-hybridized carbons (Fsp3) is 0.667. The number of nitrogens with zero attached hydrogens (tertiary/aromatic N) is 4. The molecule has 0 aliphatic rings. The van der Waals surface area contributed by atoms with Crippen LogP contribution in [0.3, 0.4) is 0 Å². The molecule has 1 aromatic heterocycles. The summed E-state index contributed by atoms with van der Waals surface area (Å²) in [7, 11) is 5.59. The Labute approximate surface area is 90.1 Å². The molecule has 0 fully saturated rings. The quantitative estimate of drug-likeness (QED) is 0.749. The van der Waals surface area contributed by atoms with Crippen molar-refractivity contribution in [1.29, 1.82) is 0 Å². The second kappa shape index (κ2) is 5.33. The minimum atomic E-state index is 0.576. The Bertz CT molecular complexity index is 311. The molecule has 0 aliphatic carbocycles. The number of anilines is 3. The van der Waals surface area contributed by atoms with Crippen LogP contribution in [0.4, 0.5) is 17.8 Å². The van der Waals surface area contributed by atoms with Gasteiger partial charge in [0.15, 0.2) is 0 Å². The molecular formula is C9H18N6. The zero-order valence-corrected chi connectivity index (χ0v) is 9.70. The van der Waals surface area contributed by atoms with E-state index in [-0.39, 0.29) is 0 Å². The van der Waals surface area contributed by atoms with Gasteiger partial charge in [0.1, 0.15) is 0 Å². The van der Waals surface area contributed by atoms with Crippen molar-refractivity contribution in [2.24, 2.45) is 0 Å². The second-order valence-corrected chi connectivity index (χ2v) is 3.35. The molecule has 0 saturated carbocycles. The van der Waals surface area contributed by atoms with Crippen molar-refractivity contribution in [3.8, 4) is 0 Å². The van der Waals surface area contributed by atoms with Crippen LogP contribution in [0, 0.1) is 0 Å². The Kier molecular flexibility index (Phi) is 4.08. The van der Waals surface area contributed by atoms with Crippen molar-refractivity contribution < 1.29 is 0 Å². The van der Waals surface area contributed by atoms with Gasteiger partial charge in [-0.15, -0.1) is 0 Å². The first-order valence-corrected chi connectivity index (χ1v) is 5.02. The standard InChI is InChI=1S/C9H18N6/c1-5-6-11-8-12-7(10-2)13-9(14-8)15(3)4/h5-6H2,1-4H3,(H2,10,11,12,13,14). The first-order valence-electron chi connectivity index (χ1n) is 5.02. The van der Waals surface area contributed by atoms with Gasteiger partial charge in [-0.25, -0.2) is 0 Å². The molecule has 1 heterocycles. The van der Waals surface area contributed by atoms with Gasteiger partial charge in [0.25, 0.3) is 0 Å². The van der Waals surface area contributed by atoms with Crippen molar-refractivity contribution in [2.75, 3.05) is 43.2 Å². The molecular weight excluding hydrogens is 192 g/mol. The van der Waals surface area contributed by atoms with Crippen LogP contribution < -0.4 is 15.5 Å². The summed E-state index contributed by atoms with van der Waals surface area (Å²) in [6.07, 6.45) is 1.04. The van der Waals surface area contributed by atoms with Crippen LogP contribution in [0.5, 0.6) is 0 Å². The molecule has 1 rings (SSSR count). The van der Waals surface area contributed by atoms with Gasteiger partial charge >= 0.3 is 0 Å². The average molecular weight is 210 g/mol. The molecule has 84 valence electrons. The molecule has 0 aromatic carbocycles. The lowest BCUT2D eigenvalue weighted by Crippen LogP contribution is -2.16. The Morgan fingerprint density at radius 1 is 1.13 bits per heavy atom. The van der Waals surface area contributed by atoms with Crippen LogP contribution >= 0.6 is 0 Å². The fourth-order valence-corrected chi connectivity index (χ4v) is 0.992. The summed E-state index contributed by atoms with van der Waals surface area (Å²) >= 11 is 0. The number of nitrogens with one attached hydrogen (secondary N) is 2. The number of rotatable bonds is 5. The summed E-state index contributed by atoms with van der Waals surface area (Å²) in [5.74, 6) is 1.83. The molecule has 0 bridgehead atoms. The zero-order valence-electron chi connectivity index (χ0n) is 9.70. The summed E-state index contributed by atoms with van der Waals surface area (Å²) in [6.45, 7) is 2.96. The van der Waals surface area contributed by atoms with Gasteiger partial charge in [-0.1, -0.05) is 6.92 Å². The molecule has 2 N–H and O–H groups in total. The van der Waals surface area contributed by atoms with E-state index >= 15 is 0 Å². The summed E-state index contributed by atoms with van der Waals surface area (Å²) < 4.78 is 0. The minimum absolute atomic E-state index is 0.576. The topological polar surface area (TPSA) is 66.0 Å². The molecule has 0 aliphatic heterocycles.